The molecule has 1 heterocycles. The van der Waals surface area contributed by atoms with Crippen molar-refractivity contribution in [3.63, 3.8) is 0 Å². The third kappa shape index (κ3) is 3.87. The quantitative estimate of drug-likeness (QED) is 0.761. The molecular weight excluding hydrogens is 400 g/mol. The smallest absolute Gasteiger partial charge is 0.171 e. The molecule has 1 aromatic heterocycles. The van der Waals surface area contributed by atoms with Crippen LogP contribution in [0.4, 0.5) is 0 Å². The Labute approximate surface area is 141 Å². The average molecular weight is 418 g/mol. The van der Waals surface area contributed by atoms with E-state index in [1.807, 2.05) is 22.9 Å². The molecule has 0 radical (unpaired) electrons. The van der Waals surface area contributed by atoms with Crippen LogP contribution in [-0.2, 0) is 19.4 Å². The summed E-state index contributed by atoms with van der Waals surface area (Å²) >= 11 is 6.93. The molecule has 4 nitrogen and oxygen atoms in total. The van der Waals surface area contributed by atoms with Gasteiger partial charge in [0.15, 0.2) is 5.75 Å². The van der Waals surface area contributed by atoms with Crippen LogP contribution < -0.4 is 4.74 Å². The Morgan fingerprint density at radius 3 is 2.33 bits per heavy atom. The normalized spacial score (nSPS) is 10.9. The van der Waals surface area contributed by atoms with Gasteiger partial charge in [0, 0.05) is 8.95 Å². The highest BCUT2D eigenvalue weighted by molar-refractivity contribution is 9.11. The van der Waals surface area contributed by atoms with E-state index in [4.69, 9.17) is 9.84 Å². The molecule has 114 valence electrons. The minimum absolute atomic E-state index is 0.0692. The van der Waals surface area contributed by atoms with Crippen LogP contribution in [0.5, 0.6) is 11.5 Å². The lowest BCUT2D eigenvalue weighted by Gasteiger charge is -2.09. The van der Waals surface area contributed by atoms with Crippen LogP contribution in [0.1, 0.15) is 25.2 Å². The van der Waals surface area contributed by atoms with Gasteiger partial charge >= 0.3 is 0 Å². The van der Waals surface area contributed by atoms with Gasteiger partial charge in [0.2, 0.25) is 0 Å². The Morgan fingerprint density at radius 1 is 1.14 bits per heavy atom. The Balaban J connectivity index is 2.41. The van der Waals surface area contributed by atoms with E-state index >= 15 is 0 Å². The van der Waals surface area contributed by atoms with Crippen LogP contribution in [0, 0.1) is 0 Å². The molecule has 21 heavy (non-hydrogen) atoms. The second-order valence-electron chi connectivity index (χ2n) is 4.58. The highest BCUT2D eigenvalue weighted by Crippen LogP contribution is 2.33. The minimum atomic E-state index is 0.0692. The molecule has 0 saturated carbocycles. The number of halogens is 2. The predicted molar refractivity (Wildman–Crippen MR) is 90.0 cm³/mol. The first-order valence-corrected chi connectivity index (χ1v) is 8.51. The number of aryl methyl sites for hydroxylation is 1. The molecule has 1 aromatic carbocycles. The van der Waals surface area contributed by atoms with Crippen molar-refractivity contribution in [2.24, 2.45) is 0 Å². The van der Waals surface area contributed by atoms with Crippen LogP contribution in [0.15, 0.2) is 27.1 Å². The van der Waals surface area contributed by atoms with Gasteiger partial charge in [0.05, 0.1) is 18.8 Å². The van der Waals surface area contributed by atoms with Crippen LogP contribution >= 0.6 is 31.9 Å². The number of benzene rings is 1. The highest BCUT2D eigenvalue weighted by atomic mass is 79.9. The number of aliphatic hydroxyl groups is 1. The molecule has 0 unspecified atom stereocenters. The maximum Gasteiger partial charge on any atom is 0.171 e. The average Bonchev–Trinajstić information content (AvgIpc) is 2.75. The summed E-state index contributed by atoms with van der Waals surface area (Å²) in [6.45, 7) is 4.67. The van der Waals surface area contributed by atoms with Crippen molar-refractivity contribution in [1.82, 2.24) is 9.78 Å². The Hall–Kier alpha value is -0.850. The summed E-state index contributed by atoms with van der Waals surface area (Å²) in [7, 11) is 0. The largest absolute Gasteiger partial charge is 0.453 e. The van der Waals surface area contributed by atoms with Crippen molar-refractivity contribution >= 4 is 31.9 Å². The molecular formula is C15H18Br2N2O2. The van der Waals surface area contributed by atoms with Gasteiger partial charge in [0.25, 0.3) is 0 Å². The predicted octanol–water partition coefficient (Wildman–Crippen LogP) is 4.32. The number of rotatable bonds is 6. The van der Waals surface area contributed by atoms with E-state index in [1.165, 1.54) is 0 Å². The first kappa shape index (κ1) is 16.5. The molecule has 0 spiro atoms. The molecule has 0 amide bonds. The first-order valence-electron chi connectivity index (χ1n) is 6.92. The molecule has 0 bridgehead atoms. The molecule has 0 aliphatic heterocycles. The van der Waals surface area contributed by atoms with Crippen LogP contribution in [-0.4, -0.2) is 21.5 Å². The molecule has 0 aliphatic rings. The monoisotopic (exact) mass is 416 g/mol. The topological polar surface area (TPSA) is 47.3 Å². The van der Waals surface area contributed by atoms with E-state index in [9.17, 15) is 0 Å². The van der Waals surface area contributed by atoms with Gasteiger partial charge in [-0.15, -0.1) is 0 Å². The SMILES string of the molecule is CCc1nn(CCO)c(CC)c1Oc1cc(Br)cc(Br)c1. The Morgan fingerprint density at radius 2 is 1.81 bits per heavy atom. The van der Waals surface area contributed by atoms with Crippen molar-refractivity contribution in [3.05, 3.63) is 38.5 Å². The summed E-state index contributed by atoms with van der Waals surface area (Å²) in [4.78, 5) is 0. The summed E-state index contributed by atoms with van der Waals surface area (Å²) in [5, 5.41) is 13.7. The molecule has 0 fully saturated rings. The van der Waals surface area contributed by atoms with Gasteiger partial charge in [-0.25, -0.2) is 0 Å². The van der Waals surface area contributed by atoms with Crippen molar-refractivity contribution < 1.29 is 9.84 Å². The van der Waals surface area contributed by atoms with E-state index in [2.05, 4.69) is 50.8 Å². The molecule has 0 aliphatic carbocycles. The van der Waals surface area contributed by atoms with Crippen LogP contribution in [0.25, 0.3) is 0 Å². The van der Waals surface area contributed by atoms with Gasteiger partial charge < -0.3 is 9.84 Å². The zero-order valence-corrected chi connectivity index (χ0v) is 15.2. The fourth-order valence-electron chi connectivity index (χ4n) is 2.21. The Bertz CT molecular complexity index is 606. The Kier molecular flexibility index (Phi) is 5.84. The highest BCUT2D eigenvalue weighted by Gasteiger charge is 2.17. The summed E-state index contributed by atoms with van der Waals surface area (Å²) < 4.78 is 9.82. The number of aliphatic hydroxyl groups excluding tert-OH is 1. The number of hydrogen-bond donors (Lipinski definition) is 1. The second kappa shape index (κ2) is 7.42. The molecule has 2 aromatic rings. The fraction of sp³-hybridized carbons (Fsp3) is 0.400. The maximum atomic E-state index is 9.16. The van der Waals surface area contributed by atoms with Gasteiger partial charge in [-0.2, -0.15) is 5.10 Å². The number of aromatic nitrogens is 2. The lowest BCUT2D eigenvalue weighted by molar-refractivity contribution is 0.267. The lowest BCUT2D eigenvalue weighted by Crippen LogP contribution is -2.07. The number of nitrogens with zero attached hydrogens (tertiary/aromatic N) is 2. The first-order chi connectivity index (χ1) is 10.1. The number of ether oxygens (including phenoxy) is 1. The van der Waals surface area contributed by atoms with Gasteiger partial charge in [-0.1, -0.05) is 45.7 Å². The fourth-order valence-corrected chi connectivity index (χ4v) is 3.46. The molecule has 6 heteroatoms. The van der Waals surface area contributed by atoms with Gasteiger partial charge in [0.1, 0.15) is 11.4 Å². The van der Waals surface area contributed by atoms with Crippen molar-refractivity contribution in [2.75, 3.05) is 6.61 Å². The van der Waals surface area contributed by atoms with E-state index in [0.29, 0.717) is 6.54 Å². The maximum absolute atomic E-state index is 9.16. The summed E-state index contributed by atoms with van der Waals surface area (Å²) in [6.07, 6.45) is 1.59. The van der Waals surface area contributed by atoms with Crippen LogP contribution in [0.2, 0.25) is 0 Å². The van der Waals surface area contributed by atoms with Crippen LogP contribution in [0.3, 0.4) is 0 Å². The molecule has 1 N–H and O–H groups in total. The molecule has 0 atom stereocenters. The third-order valence-electron chi connectivity index (χ3n) is 3.11. The second-order valence-corrected chi connectivity index (χ2v) is 6.41. The summed E-state index contributed by atoms with van der Waals surface area (Å²) in [6, 6.07) is 5.81. The van der Waals surface area contributed by atoms with E-state index in [0.717, 1.165) is 44.7 Å². The van der Waals surface area contributed by atoms with Gasteiger partial charge in [-0.05, 0) is 31.0 Å². The minimum Gasteiger partial charge on any atom is -0.453 e. The van der Waals surface area contributed by atoms with E-state index in [-0.39, 0.29) is 6.61 Å². The molecule has 0 saturated heterocycles. The van der Waals surface area contributed by atoms with Gasteiger partial charge in [-0.3, -0.25) is 4.68 Å². The van der Waals surface area contributed by atoms with Crippen molar-refractivity contribution in [3.8, 4) is 11.5 Å². The molecule has 2 rings (SSSR count). The van der Waals surface area contributed by atoms with Crippen molar-refractivity contribution in [2.45, 2.75) is 33.2 Å². The van der Waals surface area contributed by atoms with E-state index in [1.54, 1.807) is 0 Å². The lowest BCUT2D eigenvalue weighted by atomic mass is 10.2. The van der Waals surface area contributed by atoms with Crippen molar-refractivity contribution in [1.29, 1.82) is 0 Å². The zero-order chi connectivity index (χ0) is 15.4. The zero-order valence-electron chi connectivity index (χ0n) is 12.1. The summed E-state index contributed by atoms with van der Waals surface area (Å²) in [5.74, 6) is 1.56. The number of hydrogen-bond acceptors (Lipinski definition) is 3. The van der Waals surface area contributed by atoms with E-state index < -0.39 is 0 Å². The standard InChI is InChI=1S/C15H18Br2N2O2/c1-3-13-15(14(4-2)19(18-13)5-6-20)21-12-8-10(16)7-11(17)9-12/h7-9,20H,3-6H2,1-2H3. The third-order valence-corrected chi connectivity index (χ3v) is 4.03. The summed E-state index contributed by atoms with van der Waals surface area (Å²) in [5.41, 5.74) is 1.92.